The maximum Gasteiger partial charge on any atom is 0.177 e. The minimum atomic E-state index is -0.0906. The number of thioether (sulfide) groups is 1. The van der Waals surface area contributed by atoms with Gasteiger partial charge in [0.1, 0.15) is 11.6 Å². The van der Waals surface area contributed by atoms with Crippen LogP contribution < -0.4 is 5.73 Å². The lowest BCUT2D eigenvalue weighted by Crippen LogP contribution is -2.07. The number of carbonyl (C=O) groups excluding carboxylic acids is 1. The van der Waals surface area contributed by atoms with Crippen molar-refractivity contribution < 1.29 is 4.79 Å². The van der Waals surface area contributed by atoms with Gasteiger partial charge in [-0.05, 0) is 6.26 Å². The molecule has 0 unspecified atom stereocenters. The molecule has 15 heavy (non-hydrogen) atoms. The molecule has 0 atom stereocenters. The van der Waals surface area contributed by atoms with Crippen molar-refractivity contribution in [2.75, 3.05) is 12.0 Å². The van der Waals surface area contributed by atoms with E-state index in [1.807, 2.05) is 26.2 Å². The van der Waals surface area contributed by atoms with Crippen LogP contribution in [0.3, 0.4) is 0 Å². The molecule has 3 nitrogen and oxygen atoms in total. The summed E-state index contributed by atoms with van der Waals surface area (Å²) in [6.45, 7) is 3.65. The van der Waals surface area contributed by atoms with Gasteiger partial charge in [-0.2, -0.15) is 5.26 Å². The van der Waals surface area contributed by atoms with Crippen LogP contribution in [-0.2, 0) is 0 Å². The Labute approximate surface area is 97.3 Å². The van der Waals surface area contributed by atoms with Crippen LogP contribution in [0.5, 0.6) is 0 Å². The van der Waals surface area contributed by atoms with E-state index in [0.717, 1.165) is 4.21 Å². The molecule has 0 aliphatic rings. The molecule has 5 heteroatoms. The fourth-order valence-corrected chi connectivity index (χ4v) is 3.05. The van der Waals surface area contributed by atoms with Gasteiger partial charge in [-0.1, -0.05) is 13.8 Å². The van der Waals surface area contributed by atoms with Crippen molar-refractivity contribution in [3.8, 4) is 6.07 Å². The molecule has 0 fully saturated rings. The summed E-state index contributed by atoms with van der Waals surface area (Å²) in [5.41, 5.74) is 6.56. The number of nitriles is 1. The molecule has 0 aliphatic carbocycles. The van der Waals surface area contributed by atoms with Gasteiger partial charge in [-0.15, -0.1) is 23.1 Å². The Morgan fingerprint density at radius 2 is 2.20 bits per heavy atom. The number of nitrogen functional groups attached to an aromatic ring is 1. The summed E-state index contributed by atoms with van der Waals surface area (Å²) in [4.78, 5) is 12.3. The number of nitrogens with two attached hydrogens (primary N) is 1. The number of rotatable bonds is 3. The predicted molar refractivity (Wildman–Crippen MR) is 64.4 cm³/mol. The molecule has 1 aromatic heterocycles. The normalized spacial score (nSPS) is 10.3. The Balaban J connectivity index is 3.29. The Morgan fingerprint density at radius 3 is 2.53 bits per heavy atom. The zero-order valence-corrected chi connectivity index (χ0v) is 10.5. The number of nitrogens with zero attached hydrogens (tertiary/aromatic N) is 1. The van der Waals surface area contributed by atoms with Crippen LogP contribution in [0.1, 0.15) is 29.1 Å². The lowest BCUT2D eigenvalue weighted by molar-refractivity contribution is 0.0944. The number of hydrogen-bond acceptors (Lipinski definition) is 5. The van der Waals surface area contributed by atoms with Crippen LogP contribution in [0.15, 0.2) is 4.21 Å². The highest BCUT2D eigenvalue weighted by atomic mass is 32.2. The first-order valence-electron chi connectivity index (χ1n) is 4.43. The van der Waals surface area contributed by atoms with Gasteiger partial charge in [0.25, 0.3) is 0 Å². The molecule has 0 aromatic carbocycles. The third kappa shape index (κ3) is 2.16. The van der Waals surface area contributed by atoms with Gasteiger partial charge in [0.15, 0.2) is 5.78 Å². The van der Waals surface area contributed by atoms with Crippen molar-refractivity contribution in [3.05, 3.63) is 10.4 Å². The average molecular weight is 240 g/mol. The van der Waals surface area contributed by atoms with E-state index >= 15 is 0 Å². The highest BCUT2D eigenvalue weighted by Crippen LogP contribution is 2.37. The van der Waals surface area contributed by atoms with E-state index in [4.69, 9.17) is 11.0 Å². The summed E-state index contributed by atoms with van der Waals surface area (Å²) >= 11 is 2.76. The van der Waals surface area contributed by atoms with Crippen molar-refractivity contribution in [1.82, 2.24) is 0 Å². The molecule has 0 radical (unpaired) electrons. The van der Waals surface area contributed by atoms with Crippen LogP contribution in [0.4, 0.5) is 5.69 Å². The fourth-order valence-electron chi connectivity index (χ4n) is 1.12. The van der Waals surface area contributed by atoms with Gasteiger partial charge in [0, 0.05) is 5.92 Å². The molecule has 0 bridgehead atoms. The average Bonchev–Trinajstić information content (AvgIpc) is 2.53. The Morgan fingerprint density at radius 1 is 1.60 bits per heavy atom. The molecule has 1 heterocycles. The van der Waals surface area contributed by atoms with Crippen LogP contribution >= 0.6 is 23.1 Å². The van der Waals surface area contributed by atoms with Crippen molar-refractivity contribution in [3.63, 3.8) is 0 Å². The van der Waals surface area contributed by atoms with Crippen LogP contribution in [-0.4, -0.2) is 12.0 Å². The number of ketones is 1. The molecule has 0 aliphatic heterocycles. The summed E-state index contributed by atoms with van der Waals surface area (Å²) in [7, 11) is 0. The molecule has 0 saturated carbocycles. The van der Waals surface area contributed by atoms with Gasteiger partial charge in [-0.25, -0.2) is 0 Å². The molecule has 1 rings (SSSR count). The summed E-state index contributed by atoms with van der Waals surface area (Å²) in [5, 5.41) is 8.92. The first-order valence-corrected chi connectivity index (χ1v) is 6.47. The predicted octanol–water partition coefficient (Wildman–Crippen LogP) is 2.76. The zero-order chi connectivity index (χ0) is 11.6. The van der Waals surface area contributed by atoms with E-state index in [1.54, 1.807) is 0 Å². The van der Waals surface area contributed by atoms with Crippen molar-refractivity contribution >= 4 is 34.6 Å². The Bertz CT molecular complexity index is 429. The molecular formula is C10H12N2OS2. The van der Waals surface area contributed by atoms with Gasteiger partial charge >= 0.3 is 0 Å². The molecule has 1 aromatic rings. The quantitative estimate of drug-likeness (QED) is 0.651. The minimum absolute atomic E-state index is 0.00861. The van der Waals surface area contributed by atoms with Crippen LogP contribution in [0.25, 0.3) is 0 Å². The Hall–Kier alpha value is -0.990. The number of Topliss-reactive ketones (excluding diaryl/α,β-unsaturated/α-hetero) is 1. The lowest BCUT2D eigenvalue weighted by atomic mass is 10.1. The van der Waals surface area contributed by atoms with Gasteiger partial charge in [0.05, 0.1) is 14.8 Å². The summed E-state index contributed by atoms with van der Waals surface area (Å²) in [6.07, 6.45) is 1.87. The van der Waals surface area contributed by atoms with E-state index in [1.165, 1.54) is 23.1 Å². The van der Waals surface area contributed by atoms with Gasteiger partial charge < -0.3 is 5.73 Å². The minimum Gasteiger partial charge on any atom is -0.396 e. The molecule has 0 amide bonds. The largest absolute Gasteiger partial charge is 0.396 e. The van der Waals surface area contributed by atoms with Crippen LogP contribution in [0, 0.1) is 17.2 Å². The standard InChI is InChI=1S/C10H12N2OS2/c1-5(2)8(13)9-7(12)6(4-11)10(14-3)15-9/h5H,12H2,1-3H3. The van der Waals surface area contributed by atoms with E-state index in [2.05, 4.69) is 0 Å². The topological polar surface area (TPSA) is 66.9 Å². The number of hydrogen-bond donors (Lipinski definition) is 1. The molecular weight excluding hydrogens is 228 g/mol. The van der Waals surface area contributed by atoms with Gasteiger partial charge in [-0.3, -0.25) is 4.79 Å². The Kier molecular flexibility index (Phi) is 3.77. The molecule has 0 spiro atoms. The fraction of sp³-hybridized carbons (Fsp3) is 0.400. The third-order valence-corrected chi connectivity index (χ3v) is 4.30. The van der Waals surface area contributed by atoms with Crippen molar-refractivity contribution in [2.45, 2.75) is 18.1 Å². The SMILES string of the molecule is CSc1sc(C(=O)C(C)C)c(N)c1C#N. The van der Waals surface area contributed by atoms with Crippen molar-refractivity contribution in [1.29, 1.82) is 5.26 Å². The summed E-state index contributed by atoms with van der Waals surface area (Å²) in [6, 6.07) is 2.04. The van der Waals surface area contributed by atoms with E-state index in [-0.39, 0.29) is 11.7 Å². The van der Waals surface area contributed by atoms with Crippen LogP contribution in [0.2, 0.25) is 0 Å². The van der Waals surface area contributed by atoms with Gasteiger partial charge in [0.2, 0.25) is 0 Å². The third-order valence-electron chi connectivity index (χ3n) is 1.96. The number of anilines is 1. The maximum absolute atomic E-state index is 11.8. The maximum atomic E-state index is 11.8. The van der Waals surface area contributed by atoms with Crippen molar-refractivity contribution in [2.24, 2.45) is 5.92 Å². The van der Waals surface area contributed by atoms with E-state index < -0.39 is 0 Å². The number of thiophene rings is 1. The first kappa shape index (κ1) is 12.1. The molecule has 0 saturated heterocycles. The highest BCUT2D eigenvalue weighted by Gasteiger charge is 2.22. The number of carbonyl (C=O) groups is 1. The lowest BCUT2D eigenvalue weighted by Gasteiger charge is -2.01. The molecule has 80 valence electrons. The molecule has 2 N–H and O–H groups in total. The smallest absolute Gasteiger partial charge is 0.177 e. The zero-order valence-electron chi connectivity index (χ0n) is 8.83. The van der Waals surface area contributed by atoms with E-state index in [9.17, 15) is 4.79 Å². The highest BCUT2D eigenvalue weighted by molar-refractivity contribution is 8.00. The second kappa shape index (κ2) is 4.69. The second-order valence-electron chi connectivity index (χ2n) is 3.34. The van der Waals surface area contributed by atoms with E-state index in [0.29, 0.717) is 16.1 Å². The monoisotopic (exact) mass is 240 g/mol. The summed E-state index contributed by atoms with van der Waals surface area (Å²) < 4.78 is 0.819. The second-order valence-corrected chi connectivity index (χ2v) is 5.44. The first-order chi connectivity index (χ1) is 7.02. The summed E-state index contributed by atoms with van der Waals surface area (Å²) in [5.74, 6) is -0.0819.